The second-order valence-corrected chi connectivity index (χ2v) is 5.19. The minimum absolute atomic E-state index is 0.173. The Bertz CT molecular complexity index is 501. The molecule has 2 rings (SSSR count). The lowest BCUT2D eigenvalue weighted by Crippen LogP contribution is -2.09. The molecule has 2 heterocycles. The van der Waals surface area contributed by atoms with Crippen molar-refractivity contribution in [3.05, 3.63) is 33.6 Å². The highest BCUT2D eigenvalue weighted by Gasteiger charge is 2.10. The van der Waals surface area contributed by atoms with Gasteiger partial charge in [-0.15, -0.1) is 11.3 Å². The minimum Gasteiger partial charge on any atom is -0.361 e. The van der Waals surface area contributed by atoms with Crippen LogP contribution in [0, 0.1) is 0 Å². The average Bonchev–Trinajstić information content (AvgIpc) is 2.87. The minimum atomic E-state index is 0.173. The molecule has 18 heavy (non-hydrogen) atoms. The normalized spacial score (nSPS) is 12.2. The summed E-state index contributed by atoms with van der Waals surface area (Å²) >= 11 is 7.80. The first-order valence-corrected chi connectivity index (χ1v) is 7.02. The van der Waals surface area contributed by atoms with Crippen LogP contribution in [0.2, 0.25) is 5.02 Å². The maximum absolute atomic E-state index is 6.09. The number of halogens is 1. The molecule has 0 spiro atoms. The zero-order valence-electron chi connectivity index (χ0n) is 10.3. The van der Waals surface area contributed by atoms with Gasteiger partial charge in [-0.2, -0.15) is 4.98 Å². The Morgan fingerprint density at radius 3 is 3.00 bits per heavy atom. The van der Waals surface area contributed by atoms with E-state index in [-0.39, 0.29) is 6.04 Å². The fourth-order valence-electron chi connectivity index (χ4n) is 1.53. The third-order valence-corrected chi connectivity index (χ3v) is 3.73. The quantitative estimate of drug-likeness (QED) is 0.876. The van der Waals surface area contributed by atoms with Gasteiger partial charge in [0, 0.05) is 11.4 Å². The van der Waals surface area contributed by atoms with Crippen LogP contribution < -0.4 is 10.6 Å². The van der Waals surface area contributed by atoms with Gasteiger partial charge in [-0.25, -0.2) is 4.98 Å². The van der Waals surface area contributed by atoms with Crippen LogP contribution in [0.3, 0.4) is 0 Å². The molecule has 0 saturated heterocycles. The number of hydrogen-bond acceptors (Lipinski definition) is 5. The van der Waals surface area contributed by atoms with Gasteiger partial charge in [-0.1, -0.05) is 17.7 Å². The Labute approximate surface area is 115 Å². The third kappa shape index (κ3) is 3.11. The van der Waals surface area contributed by atoms with E-state index in [0.29, 0.717) is 16.8 Å². The van der Waals surface area contributed by atoms with Crippen molar-refractivity contribution < 1.29 is 0 Å². The molecule has 0 saturated carbocycles. The van der Waals surface area contributed by atoms with E-state index >= 15 is 0 Å². The van der Waals surface area contributed by atoms with Crippen molar-refractivity contribution >= 4 is 34.7 Å². The number of rotatable bonds is 5. The fraction of sp³-hybridized carbons (Fsp3) is 0.333. The van der Waals surface area contributed by atoms with Crippen molar-refractivity contribution in [2.24, 2.45) is 0 Å². The number of anilines is 2. The average molecular weight is 283 g/mol. The molecular formula is C12H15ClN4S. The van der Waals surface area contributed by atoms with Crippen molar-refractivity contribution in [3.8, 4) is 0 Å². The molecule has 96 valence electrons. The van der Waals surface area contributed by atoms with Gasteiger partial charge in [-0.3, -0.25) is 0 Å². The Balaban J connectivity index is 2.15. The molecule has 0 aliphatic rings. The molecule has 0 bridgehead atoms. The SMILES string of the molecule is CCNc1ncc(Cl)c(NC(C)c2cccs2)n1. The van der Waals surface area contributed by atoms with E-state index in [1.54, 1.807) is 17.5 Å². The lowest BCUT2D eigenvalue weighted by atomic mass is 10.3. The molecule has 0 aliphatic carbocycles. The van der Waals surface area contributed by atoms with E-state index in [1.807, 2.05) is 13.0 Å². The monoisotopic (exact) mass is 282 g/mol. The van der Waals surface area contributed by atoms with Gasteiger partial charge in [0.1, 0.15) is 5.02 Å². The lowest BCUT2D eigenvalue weighted by molar-refractivity contribution is 0.893. The first-order valence-electron chi connectivity index (χ1n) is 5.77. The number of hydrogen-bond donors (Lipinski definition) is 2. The summed E-state index contributed by atoms with van der Waals surface area (Å²) in [6, 6.07) is 4.29. The van der Waals surface area contributed by atoms with Crippen LogP contribution in [0.15, 0.2) is 23.7 Å². The van der Waals surface area contributed by atoms with Crippen LogP contribution >= 0.6 is 22.9 Å². The summed E-state index contributed by atoms with van der Waals surface area (Å²) in [6.07, 6.45) is 1.61. The summed E-state index contributed by atoms with van der Waals surface area (Å²) in [5, 5.41) is 8.95. The summed E-state index contributed by atoms with van der Waals surface area (Å²) in [4.78, 5) is 9.70. The van der Waals surface area contributed by atoms with Crippen molar-refractivity contribution in [2.75, 3.05) is 17.2 Å². The number of nitrogens with one attached hydrogen (secondary N) is 2. The summed E-state index contributed by atoms with van der Waals surface area (Å²) in [6.45, 7) is 4.86. The highest BCUT2D eigenvalue weighted by molar-refractivity contribution is 7.10. The topological polar surface area (TPSA) is 49.8 Å². The van der Waals surface area contributed by atoms with Crippen molar-refractivity contribution in [1.82, 2.24) is 9.97 Å². The number of thiophene rings is 1. The van der Waals surface area contributed by atoms with E-state index in [4.69, 9.17) is 11.6 Å². The highest BCUT2D eigenvalue weighted by Crippen LogP contribution is 2.26. The molecule has 2 aromatic rings. The Hall–Kier alpha value is -1.33. The highest BCUT2D eigenvalue weighted by atomic mass is 35.5. The summed E-state index contributed by atoms with van der Waals surface area (Å²) in [5.41, 5.74) is 0. The molecule has 0 aliphatic heterocycles. The van der Waals surface area contributed by atoms with Crippen LogP contribution in [-0.4, -0.2) is 16.5 Å². The van der Waals surface area contributed by atoms with E-state index in [9.17, 15) is 0 Å². The van der Waals surface area contributed by atoms with E-state index in [2.05, 4.69) is 39.0 Å². The summed E-state index contributed by atoms with van der Waals surface area (Å²) in [5.74, 6) is 1.24. The molecular weight excluding hydrogens is 268 g/mol. The molecule has 1 unspecified atom stereocenters. The second-order valence-electron chi connectivity index (χ2n) is 3.80. The largest absolute Gasteiger partial charge is 0.361 e. The smallest absolute Gasteiger partial charge is 0.224 e. The Morgan fingerprint density at radius 1 is 1.50 bits per heavy atom. The van der Waals surface area contributed by atoms with Gasteiger partial charge < -0.3 is 10.6 Å². The van der Waals surface area contributed by atoms with Gasteiger partial charge in [0.15, 0.2) is 5.82 Å². The Kier molecular flexibility index (Phi) is 4.38. The lowest BCUT2D eigenvalue weighted by Gasteiger charge is -2.14. The molecule has 4 nitrogen and oxygen atoms in total. The van der Waals surface area contributed by atoms with Crippen molar-refractivity contribution in [2.45, 2.75) is 19.9 Å². The maximum atomic E-state index is 6.09. The molecule has 2 aromatic heterocycles. The van der Waals surface area contributed by atoms with Gasteiger partial charge in [-0.05, 0) is 25.3 Å². The number of aromatic nitrogens is 2. The second kappa shape index (κ2) is 6.02. The molecule has 1 atom stereocenters. The van der Waals surface area contributed by atoms with Gasteiger partial charge in [0.05, 0.1) is 12.2 Å². The predicted octanol–water partition coefficient (Wildman–Crippen LogP) is 3.80. The van der Waals surface area contributed by atoms with Crippen molar-refractivity contribution in [1.29, 1.82) is 0 Å². The van der Waals surface area contributed by atoms with E-state index in [1.165, 1.54) is 4.88 Å². The molecule has 0 radical (unpaired) electrons. The zero-order chi connectivity index (χ0) is 13.0. The van der Waals surface area contributed by atoms with Crippen LogP contribution in [0.5, 0.6) is 0 Å². The Morgan fingerprint density at radius 2 is 2.33 bits per heavy atom. The zero-order valence-corrected chi connectivity index (χ0v) is 11.8. The van der Waals surface area contributed by atoms with Crippen molar-refractivity contribution in [3.63, 3.8) is 0 Å². The standard InChI is InChI=1S/C12H15ClN4S/c1-3-14-12-15-7-9(13)11(17-12)16-8(2)10-5-4-6-18-10/h4-8H,3H2,1-2H3,(H2,14,15,16,17). The van der Waals surface area contributed by atoms with Gasteiger partial charge >= 0.3 is 0 Å². The summed E-state index contributed by atoms with van der Waals surface area (Å²) in [7, 11) is 0. The summed E-state index contributed by atoms with van der Waals surface area (Å²) < 4.78 is 0. The fourth-order valence-corrected chi connectivity index (χ4v) is 2.41. The van der Waals surface area contributed by atoms with E-state index in [0.717, 1.165) is 6.54 Å². The van der Waals surface area contributed by atoms with Crippen LogP contribution in [0.4, 0.5) is 11.8 Å². The third-order valence-electron chi connectivity index (χ3n) is 2.40. The number of nitrogens with zero attached hydrogens (tertiary/aromatic N) is 2. The van der Waals surface area contributed by atoms with Gasteiger partial charge in [0.2, 0.25) is 5.95 Å². The molecule has 0 aromatic carbocycles. The first kappa shape index (κ1) is 13.1. The molecule has 6 heteroatoms. The predicted molar refractivity (Wildman–Crippen MR) is 77.6 cm³/mol. The maximum Gasteiger partial charge on any atom is 0.224 e. The van der Waals surface area contributed by atoms with Crippen LogP contribution in [0.1, 0.15) is 24.8 Å². The molecule has 2 N–H and O–H groups in total. The molecule has 0 amide bonds. The molecule has 0 fully saturated rings. The van der Waals surface area contributed by atoms with Gasteiger partial charge in [0.25, 0.3) is 0 Å². The first-order chi connectivity index (χ1) is 8.70. The van der Waals surface area contributed by atoms with E-state index < -0.39 is 0 Å². The van der Waals surface area contributed by atoms with Crippen LogP contribution in [0.25, 0.3) is 0 Å². The van der Waals surface area contributed by atoms with Crippen LogP contribution in [-0.2, 0) is 0 Å².